The average Bonchev–Trinajstić information content (AvgIpc) is 3.90. The number of carbonyl (C=O) groups excluding carboxylic acids is 3. The molecular formula is C37H57N3O8. The molecule has 3 heterocycles. The molecule has 0 spiro atoms. The van der Waals surface area contributed by atoms with E-state index in [2.05, 4.69) is 19.2 Å². The molecule has 48 heavy (non-hydrogen) atoms. The topological polar surface area (TPSA) is 116 Å². The van der Waals surface area contributed by atoms with Crippen molar-refractivity contribution in [1.82, 2.24) is 15.1 Å². The highest BCUT2D eigenvalue weighted by Gasteiger charge is 2.44. The first kappa shape index (κ1) is 36.2. The zero-order valence-electron chi connectivity index (χ0n) is 29.9. The van der Waals surface area contributed by atoms with Crippen molar-refractivity contribution < 1.29 is 38.1 Å². The highest BCUT2D eigenvalue weighted by atomic mass is 16.6. The van der Waals surface area contributed by atoms with Crippen molar-refractivity contribution in [3.05, 3.63) is 23.3 Å². The number of methoxy groups -OCH3 is 1. The van der Waals surface area contributed by atoms with Crippen LogP contribution in [-0.2, 0) is 36.8 Å². The Hall–Kier alpha value is -3.05. The van der Waals surface area contributed by atoms with Gasteiger partial charge in [0.05, 0.1) is 25.0 Å². The zero-order chi connectivity index (χ0) is 34.5. The van der Waals surface area contributed by atoms with Crippen molar-refractivity contribution >= 4 is 17.9 Å². The standard InChI is InChI=1S/C37H57N3O8/c1-36(2,3)48-35(43)39-23-26(33(41)38-37(4,5)28-12-17-45-18-13-28)21-27(24-39)34(42)40(29-10-11-29)22-25-19-31-30(9-7-15-46-31)32(20-25)47-16-8-14-44-6/h19-20,26-29H,7-18,21-24H2,1-6H3,(H,38,41)/t26-,27+/m0/s1. The fourth-order valence-corrected chi connectivity index (χ4v) is 7.17. The van der Waals surface area contributed by atoms with Crippen LogP contribution in [0.3, 0.4) is 0 Å². The van der Waals surface area contributed by atoms with E-state index in [0.29, 0.717) is 46.0 Å². The number of likely N-dealkylation sites (tertiary alicyclic amines) is 1. The van der Waals surface area contributed by atoms with E-state index in [1.807, 2.05) is 37.8 Å². The lowest BCUT2D eigenvalue weighted by Gasteiger charge is -2.42. The van der Waals surface area contributed by atoms with Crippen molar-refractivity contribution in [2.75, 3.05) is 53.2 Å². The largest absolute Gasteiger partial charge is 0.493 e. The van der Waals surface area contributed by atoms with Gasteiger partial charge in [0.25, 0.3) is 0 Å². The van der Waals surface area contributed by atoms with Gasteiger partial charge in [-0.15, -0.1) is 0 Å². The van der Waals surface area contributed by atoms with Crippen molar-refractivity contribution in [3.8, 4) is 11.5 Å². The molecule has 0 radical (unpaired) electrons. The number of carbonyl (C=O) groups is 3. The third-order valence-corrected chi connectivity index (χ3v) is 9.94. The van der Waals surface area contributed by atoms with Crippen LogP contribution in [0.1, 0.15) is 90.7 Å². The summed E-state index contributed by atoms with van der Waals surface area (Å²) < 4.78 is 28.8. The molecule has 1 aliphatic carbocycles. The van der Waals surface area contributed by atoms with Gasteiger partial charge in [-0.1, -0.05) is 0 Å². The van der Waals surface area contributed by atoms with Crippen LogP contribution in [0, 0.1) is 17.8 Å². The van der Waals surface area contributed by atoms with Crippen LogP contribution in [0.15, 0.2) is 12.1 Å². The van der Waals surface area contributed by atoms with Crippen LogP contribution in [0.25, 0.3) is 0 Å². The first-order valence-electron chi connectivity index (χ1n) is 17.9. The summed E-state index contributed by atoms with van der Waals surface area (Å²) in [5, 5.41) is 3.29. The summed E-state index contributed by atoms with van der Waals surface area (Å²) in [7, 11) is 1.68. The van der Waals surface area contributed by atoms with Crippen LogP contribution in [0.4, 0.5) is 4.79 Å². The molecule has 3 fully saturated rings. The van der Waals surface area contributed by atoms with Crippen LogP contribution >= 0.6 is 0 Å². The number of rotatable bonds is 12. The number of amides is 3. The Morgan fingerprint density at radius 1 is 0.979 bits per heavy atom. The number of nitrogens with one attached hydrogen (secondary N) is 1. The summed E-state index contributed by atoms with van der Waals surface area (Å²) >= 11 is 0. The molecule has 4 aliphatic rings. The van der Waals surface area contributed by atoms with Gasteiger partial charge in [-0.2, -0.15) is 0 Å². The maximum absolute atomic E-state index is 14.5. The van der Waals surface area contributed by atoms with Crippen molar-refractivity contribution in [2.24, 2.45) is 17.8 Å². The molecule has 0 unspecified atom stereocenters. The molecule has 1 N–H and O–H groups in total. The van der Waals surface area contributed by atoms with Gasteiger partial charge in [0.2, 0.25) is 11.8 Å². The average molecular weight is 672 g/mol. The molecule has 1 aromatic rings. The summed E-state index contributed by atoms with van der Waals surface area (Å²) in [6.07, 6.45) is 6.10. The van der Waals surface area contributed by atoms with Gasteiger partial charge in [0.1, 0.15) is 17.1 Å². The molecular weight excluding hydrogens is 614 g/mol. The second kappa shape index (κ2) is 15.7. The summed E-state index contributed by atoms with van der Waals surface area (Å²) in [5.41, 5.74) is 0.885. The number of ether oxygens (including phenoxy) is 5. The lowest BCUT2D eigenvalue weighted by Crippen LogP contribution is -2.57. The molecule has 1 saturated carbocycles. The second-order valence-electron chi connectivity index (χ2n) is 15.5. The van der Waals surface area contributed by atoms with Gasteiger partial charge in [0.15, 0.2) is 0 Å². The molecule has 2 saturated heterocycles. The molecule has 11 nitrogen and oxygen atoms in total. The van der Waals surface area contributed by atoms with Crippen LogP contribution in [0.2, 0.25) is 0 Å². The van der Waals surface area contributed by atoms with E-state index in [4.69, 9.17) is 23.7 Å². The Labute approximate surface area is 286 Å². The van der Waals surface area contributed by atoms with E-state index < -0.39 is 29.1 Å². The smallest absolute Gasteiger partial charge is 0.410 e. The highest BCUT2D eigenvalue weighted by Crippen LogP contribution is 2.38. The highest BCUT2D eigenvalue weighted by molar-refractivity contribution is 5.85. The summed E-state index contributed by atoms with van der Waals surface area (Å²) in [4.78, 5) is 45.3. The quantitative estimate of drug-likeness (QED) is 0.305. The minimum atomic E-state index is -0.700. The van der Waals surface area contributed by atoms with E-state index in [1.165, 1.54) is 0 Å². The third kappa shape index (κ3) is 9.55. The van der Waals surface area contributed by atoms with Crippen molar-refractivity contribution in [3.63, 3.8) is 0 Å². The molecule has 2 atom stereocenters. The van der Waals surface area contributed by atoms with E-state index >= 15 is 0 Å². The molecule has 0 bridgehead atoms. The van der Waals surface area contributed by atoms with E-state index in [1.54, 1.807) is 12.0 Å². The van der Waals surface area contributed by atoms with E-state index in [0.717, 1.165) is 67.6 Å². The Morgan fingerprint density at radius 3 is 2.40 bits per heavy atom. The zero-order valence-corrected chi connectivity index (χ0v) is 29.9. The lowest BCUT2D eigenvalue weighted by atomic mass is 9.80. The Kier molecular flexibility index (Phi) is 11.8. The lowest BCUT2D eigenvalue weighted by molar-refractivity contribution is -0.141. The van der Waals surface area contributed by atoms with E-state index in [-0.39, 0.29) is 36.9 Å². The fourth-order valence-electron chi connectivity index (χ4n) is 7.17. The van der Waals surface area contributed by atoms with Gasteiger partial charge >= 0.3 is 6.09 Å². The van der Waals surface area contributed by atoms with Gasteiger partial charge < -0.3 is 38.8 Å². The first-order valence-corrected chi connectivity index (χ1v) is 17.9. The number of piperidine rings is 1. The minimum Gasteiger partial charge on any atom is -0.493 e. The van der Waals surface area contributed by atoms with Gasteiger partial charge in [-0.05, 0) is 103 Å². The maximum atomic E-state index is 14.5. The number of nitrogens with zero attached hydrogens (tertiary/aromatic N) is 2. The number of hydrogen-bond acceptors (Lipinski definition) is 8. The number of hydrogen-bond donors (Lipinski definition) is 1. The maximum Gasteiger partial charge on any atom is 0.410 e. The molecule has 0 aromatic heterocycles. The monoisotopic (exact) mass is 671 g/mol. The predicted molar refractivity (Wildman–Crippen MR) is 181 cm³/mol. The van der Waals surface area contributed by atoms with Gasteiger partial charge in [0, 0.05) is 70.1 Å². The Balaban J connectivity index is 1.35. The van der Waals surface area contributed by atoms with E-state index in [9.17, 15) is 14.4 Å². The molecule has 268 valence electrons. The van der Waals surface area contributed by atoms with Gasteiger partial charge in [-0.25, -0.2) is 4.79 Å². The summed E-state index contributed by atoms with van der Waals surface area (Å²) in [6.45, 7) is 13.6. The minimum absolute atomic E-state index is 0.0338. The normalized spacial score (nSPS) is 21.9. The third-order valence-electron chi connectivity index (χ3n) is 9.94. The molecule has 1 aromatic carbocycles. The SMILES string of the molecule is COCCCOc1cc(CN(C(=O)[C@@H]2C[C@H](C(=O)NC(C)(C)C3CCOCC3)CN(C(=O)OC(C)(C)C)C2)C2CC2)cc2c1CCCO2. The van der Waals surface area contributed by atoms with Crippen molar-refractivity contribution in [1.29, 1.82) is 0 Å². The Morgan fingerprint density at radius 2 is 1.71 bits per heavy atom. The number of fused-ring (bicyclic) bond motifs is 1. The van der Waals surface area contributed by atoms with Gasteiger partial charge in [-0.3, -0.25) is 9.59 Å². The van der Waals surface area contributed by atoms with Crippen LogP contribution < -0.4 is 14.8 Å². The summed E-state index contributed by atoms with van der Waals surface area (Å²) in [5.74, 6) is 0.682. The molecule has 3 aliphatic heterocycles. The Bertz CT molecular complexity index is 1280. The van der Waals surface area contributed by atoms with Crippen molar-refractivity contribution in [2.45, 2.75) is 110 Å². The fraction of sp³-hybridized carbons (Fsp3) is 0.757. The molecule has 3 amide bonds. The summed E-state index contributed by atoms with van der Waals surface area (Å²) in [6, 6.07) is 4.21. The van der Waals surface area contributed by atoms with Crippen LogP contribution in [0.5, 0.6) is 11.5 Å². The first-order chi connectivity index (χ1) is 22.8. The molecule has 11 heteroatoms. The second-order valence-corrected chi connectivity index (χ2v) is 15.5. The predicted octanol–water partition coefficient (Wildman–Crippen LogP) is 5.11. The molecule has 5 rings (SSSR count). The van der Waals surface area contributed by atoms with Crippen LogP contribution in [-0.4, -0.2) is 98.1 Å². The number of benzene rings is 1.